The summed E-state index contributed by atoms with van der Waals surface area (Å²) in [6.07, 6.45) is 4.47. The predicted molar refractivity (Wildman–Crippen MR) is 41.5 cm³/mol. The van der Waals surface area contributed by atoms with Crippen LogP contribution >= 0.6 is 23.5 Å². The number of rotatable bonds is 0. The van der Waals surface area contributed by atoms with Gasteiger partial charge in [-0.25, -0.2) is 0 Å². The zero-order valence-electron chi connectivity index (χ0n) is 4.80. The predicted octanol–water partition coefficient (Wildman–Crippen LogP) is 2.35. The molecule has 2 saturated heterocycles. The summed E-state index contributed by atoms with van der Waals surface area (Å²) in [6.45, 7) is 0. The molecule has 2 fully saturated rings. The molecule has 0 aromatic carbocycles. The Bertz CT molecular complexity index is 78.5. The van der Waals surface area contributed by atoms with Gasteiger partial charge in [-0.05, 0) is 12.8 Å². The average Bonchev–Trinajstić information content (AvgIpc) is 2.12. The van der Waals surface area contributed by atoms with Crippen LogP contribution in [0.5, 0.6) is 0 Å². The van der Waals surface area contributed by atoms with Gasteiger partial charge >= 0.3 is 0 Å². The third-order valence-electron chi connectivity index (χ3n) is 1.78. The van der Waals surface area contributed by atoms with Crippen LogP contribution in [0.15, 0.2) is 0 Å². The molecule has 46 valence electrons. The van der Waals surface area contributed by atoms with Gasteiger partial charge in [0.05, 0.1) is 4.58 Å². The quantitative estimate of drug-likeness (QED) is 0.514. The van der Waals surface area contributed by atoms with Gasteiger partial charge in [0.2, 0.25) is 0 Å². The summed E-state index contributed by atoms with van der Waals surface area (Å²) in [5, 5.41) is 1.04. The SMILES string of the molecule is C1CC2CSC(C1)S2. The minimum absolute atomic E-state index is 0.994. The van der Waals surface area contributed by atoms with E-state index in [1.54, 1.807) is 0 Å². The van der Waals surface area contributed by atoms with Gasteiger partial charge in [-0.3, -0.25) is 0 Å². The van der Waals surface area contributed by atoms with E-state index in [2.05, 4.69) is 23.5 Å². The van der Waals surface area contributed by atoms with Gasteiger partial charge in [-0.1, -0.05) is 6.42 Å². The van der Waals surface area contributed by atoms with Crippen LogP contribution < -0.4 is 0 Å². The number of fused-ring (bicyclic) bond motifs is 2. The maximum atomic E-state index is 2.22. The van der Waals surface area contributed by atoms with Crippen molar-refractivity contribution < 1.29 is 0 Å². The molecule has 0 amide bonds. The number of thioether (sulfide) groups is 2. The van der Waals surface area contributed by atoms with Crippen molar-refractivity contribution in [3.8, 4) is 0 Å². The highest BCUT2D eigenvalue weighted by Crippen LogP contribution is 2.46. The summed E-state index contributed by atoms with van der Waals surface area (Å²) in [7, 11) is 0. The Hall–Kier alpha value is 0.700. The highest BCUT2D eigenvalue weighted by molar-refractivity contribution is 8.20. The van der Waals surface area contributed by atoms with Gasteiger partial charge in [0, 0.05) is 11.0 Å². The Morgan fingerprint density at radius 2 is 2.25 bits per heavy atom. The first-order valence-electron chi connectivity index (χ1n) is 3.22. The fourth-order valence-electron chi connectivity index (χ4n) is 1.32. The summed E-state index contributed by atoms with van der Waals surface area (Å²) in [5.41, 5.74) is 0. The molecule has 0 radical (unpaired) electrons. The highest BCUT2D eigenvalue weighted by atomic mass is 32.2. The Kier molecular flexibility index (Phi) is 1.47. The first-order chi connectivity index (χ1) is 3.95. The first-order valence-corrected chi connectivity index (χ1v) is 5.21. The van der Waals surface area contributed by atoms with Gasteiger partial charge in [0.15, 0.2) is 0 Å². The molecule has 0 aliphatic carbocycles. The molecule has 2 atom stereocenters. The Labute approximate surface area is 58.8 Å². The van der Waals surface area contributed by atoms with Crippen molar-refractivity contribution in [3.63, 3.8) is 0 Å². The Balaban J connectivity index is 2.03. The molecule has 2 aliphatic rings. The third kappa shape index (κ3) is 0.883. The molecular weight excluding hydrogens is 136 g/mol. The van der Waals surface area contributed by atoms with E-state index in [0.29, 0.717) is 0 Å². The molecule has 2 heteroatoms. The summed E-state index contributed by atoms with van der Waals surface area (Å²) in [5.74, 6) is 1.44. The monoisotopic (exact) mass is 146 g/mol. The van der Waals surface area contributed by atoms with E-state index in [1.807, 2.05) is 0 Å². The third-order valence-corrected chi connectivity index (χ3v) is 5.26. The average molecular weight is 146 g/mol. The Morgan fingerprint density at radius 1 is 1.25 bits per heavy atom. The molecule has 8 heavy (non-hydrogen) atoms. The second-order valence-electron chi connectivity index (χ2n) is 2.45. The van der Waals surface area contributed by atoms with Crippen molar-refractivity contribution in [2.75, 3.05) is 5.75 Å². The Morgan fingerprint density at radius 3 is 3.00 bits per heavy atom. The van der Waals surface area contributed by atoms with E-state index in [-0.39, 0.29) is 0 Å². The van der Waals surface area contributed by atoms with E-state index >= 15 is 0 Å². The normalized spacial score (nSPS) is 45.0. The topological polar surface area (TPSA) is 0 Å². The second kappa shape index (κ2) is 2.14. The van der Waals surface area contributed by atoms with Crippen LogP contribution in [0.1, 0.15) is 19.3 Å². The fraction of sp³-hybridized carbons (Fsp3) is 1.00. The van der Waals surface area contributed by atoms with E-state index in [9.17, 15) is 0 Å². The van der Waals surface area contributed by atoms with Crippen molar-refractivity contribution in [2.45, 2.75) is 29.1 Å². The summed E-state index contributed by atoms with van der Waals surface area (Å²) >= 11 is 4.39. The number of hydrogen-bond donors (Lipinski definition) is 0. The molecular formula is C6H10S2. The van der Waals surface area contributed by atoms with Gasteiger partial charge in [-0.2, -0.15) is 0 Å². The van der Waals surface area contributed by atoms with Crippen LogP contribution in [0.25, 0.3) is 0 Å². The molecule has 2 aliphatic heterocycles. The molecule has 2 bridgehead atoms. The zero-order chi connectivity index (χ0) is 5.40. The van der Waals surface area contributed by atoms with Crippen LogP contribution in [-0.2, 0) is 0 Å². The standard InChI is InChI=1S/C6H10S2/c1-2-5-4-7-6(3-1)8-5/h5-6H,1-4H2. The maximum absolute atomic E-state index is 2.22. The van der Waals surface area contributed by atoms with Crippen molar-refractivity contribution >= 4 is 23.5 Å². The number of hydrogen-bond acceptors (Lipinski definition) is 2. The molecule has 2 rings (SSSR count). The first kappa shape index (κ1) is 5.48. The molecule has 2 heterocycles. The van der Waals surface area contributed by atoms with Crippen molar-refractivity contribution in [2.24, 2.45) is 0 Å². The fourth-order valence-corrected chi connectivity index (χ4v) is 4.86. The minimum Gasteiger partial charge on any atom is -0.146 e. The minimum atomic E-state index is 0.994. The molecule has 0 nitrogen and oxygen atoms in total. The van der Waals surface area contributed by atoms with Crippen LogP contribution in [0.2, 0.25) is 0 Å². The molecule has 0 aromatic rings. The lowest BCUT2D eigenvalue weighted by Crippen LogP contribution is -2.06. The molecule has 0 aromatic heterocycles. The van der Waals surface area contributed by atoms with Crippen molar-refractivity contribution in [3.05, 3.63) is 0 Å². The van der Waals surface area contributed by atoms with Gasteiger partial charge < -0.3 is 0 Å². The van der Waals surface area contributed by atoms with E-state index in [4.69, 9.17) is 0 Å². The molecule has 0 spiro atoms. The zero-order valence-corrected chi connectivity index (χ0v) is 6.43. The van der Waals surface area contributed by atoms with E-state index in [1.165, 1.54) is 25.0 Å². The van der Waals surface area contributed by atoms with Crippen LogP contribution in [0, 0.1) is 0 Å². The van der Waals surface area contributed by atoms with Gasteiger partial charge in [0.1, 0.15) is 0 Å². The van der Waals surface area contributed by atoms with Gasteiger partial charge in [-0.15, -0.1) is 23.5 Å². The summed E-state index contributed by atoms with van der Waals surface area (Å²) in [6, 6.07) is 0. The second-order valence-corrected chi connectivity index (χ2v) is 5.49. The summed E-state index contributed by atoms with van der Waals surface area (Å²) in [4.78, 5) is 0. The summed E-state index contributed by atoms with van der Waals surface area (Å²) < 4.78 is 0.994. The lowest BCUT2D eigenvalue weighted by molar-refractivity contribution is 0.702. The van der Waals surface area contributed by atoms with Crippen molar-refractivity contribution in [1.82, 2.24) is 0 Å². The largest absolute Gasteiger partial charge is 0.146 e. The molecule has 0 N–H and O–H groups in total. The van der Waals surface area contributed by atoms with Crippen LogP contribution in [0.3, 0.4) is 0 Å². The van der Waals surface area contributed by atoms with E-state index in [0.717, 1.165) is 9.83 Å². The lowest BCUT2D eigenvalue weighted by Gasteiger charge is -2.15. The molecule has 0 saturated carbocycles. The van der Waals surface area contributed by atoms with Gasteiger partial charge in [0.25, 0.3) is 0 Å². The van der Waals surface area contributed by atoms with Crippen molar-refractivity contribution in [1.29, 1.82) is 0 Å². The smallest absolute Gasteiger partial charge is 0.0506 e. The van der Waals surface area contributed by atoms with E-state index < -0.39 is 0 Å². The lowest BCUT2D eigenvalue weighted by atomic mass is 10.2. The highest BCUT2D eigenvalue weighted by Gasteiger charge is 2.29. The molecule has 2 unspecified atom stereocenters. The van der Waals surface area contributed by atoms with Crippen LogP contribution in [-0.4, -0.2) is 15.6 Å². The maximum Gasteiger partial charge on any atom is 0.0506 e. The van der Waals surface area contributed by atoms with Crippen LogP contribution in [0.4, 0.5) is 0 Å².